The first-order chi connectivity index (χ1) is 7.47. The number of ether oxygens (including phenoxy) is 1. The minimum atomic E-state index is -0.719. The zero-order valence-corrected chi connectivity index (χ0v) is 9.45. The van der Waals surface area contributed by atoms with E-state index >= 15 is 0 Å². The summed E-state index contributed by atoms with van der Waals surface area (Å²) in [5.41, 5.74) is -0.198. The molecule has 0 amide bonds. The third-order valence-electron chi connectivity index (χ3n) is 1.83. The van der Waals surface area contributed by atoms with E-state index in [4.69, 9.17) is 16.3 Å². The molecule has 0 aliphatic heterocycles. The van der Waals surface area contributed by atoms with Gasteiger partial charge in [-0.1, -0.05) is 11.6 Å². The lowest BCUT2D eigenvalue weighted by Crippen LogP contribution is -2.08. The lowest BCUT2D eigenvalue weighted by molar-refractivity contribution is -0.385. The van der Waals surface area contributed by atoms with Crippen molar-refractivity contribution in [2.75, 3.05) is 6.61 Å². The van der Waals surface area contributed by atoms with Crippen molar-refractivity contribution in [3.8, 4) is 0 Å². The van der Waals surface area contributed by atoms with E-state index in [1.165, 1.54) is 6.92 Å². The second-order valence-electron chi connectivity index (χ2n) is 2.91. The number of hydrogen-bond donors (Lipinski definition) is 0. The average molecular weight is 245 g/mol. The van der Waals surface area contributed by atoms with Crippen molar-refractivity contribution in [1.82, 2.24) is 4.98 Å². The fraction of sp³-hybridized carbons (Fsp3) is 0.333. The smallest absolute Gasteiger partial charge is 0.341 e. The Labute approximate surface area is 96.3 Å². The van der Waals surface area contributed by atoms with Gasteiger partial charge in [-0.05, 0) is 13.8 Å². The topological polar surface area (TPSA) is 82.3 Å². The van der Waals surface area contributed by atoms with Crippen LogP contribution in [0.5, 0.6) is 0 Å². The second kappa shape index (κ2) is 4.89. The number of carbonyl (C=O) groups excluding carboxylic acids is 1. The third-order valence-corrected chi connectivity index (χ3v) is 2.12. The Hall–Kier alpha value is -1.69. The molecule has 0 bridgehead atoms. The first kappa shape index (κ1) is 12.4. The summed E-state index contributed by atoms with van der Waals surface area (Å²) in [5.74, 6) is -0.719. The molecule has 16 heavy (non-hydrogen) atoms. The molecule has 6 nitrogen and oxygen atoms in total. The maximum atomic E-state index is 11.4. The molecule has 0 aliphatic rings. The molecule has 0 aromatic carbocycles. The lowest BCUT2D eigenvalue weighted by Gasteiger charge is -2.04. The summed E-state index contributed by atoms with van der Waals surface area (Å²) < 4.78 is 4.70. The molecule has 86 valence electrons. The third kappa shape index (κ3) is 2.46. The van der Waals surface area contributed by atoms with E-state index in [9.17, 15) is 14.9 Å². The number of aryl methyl sites for hydroxylation is 1. The molecular weight excluding hydrogens is 236 g/mol. The number of aromatic nitrogens is 1. The van der Waals surface area contributed by atoms with Crippen molar-refractivity contribution in [2.24, 2.45) is 0 Å². The minimum Gasteiger partial charge on any atom is -0.462 e. The molecular formula is C9H9ClN2O4. The second-order valence-corrected chi connectivity index (χ2v) is 3.27. The molecule has 1 heterocycles. The highest BCUT2D eigenvalue weighted by Gasteiger charge is 2.21. The Morgan fingerprint density at radius 3 is 2.81 bits per heavy atom. The highest BCUT2D eigenvalue weighted by Crippen LogP contribution is 2.23. The van der Waals surface area contributed by atoms with E-state index in [2.05, 4.69) is 4.98 Å². The van der Waals surface area contributed by atoms with Crippen LogP contribution in [0.1, 0.15) is 23.0 Å². The lowest BCUT2D eigenvalue weighted by atomic mass is 10.2. The Bertz CT molecular complexity index is 447. The van der Waals surface area contributed by atoms with E-state index in [-0.39, 0.29) is 28.7 Å². The molecule has 0 radical (unpaired) electrons. The molecule has 0 N–H and O–H groups in total. The SMILES string of the molecule is CCOC(=O)c1cc([N+](=O)[O-])c(C)nc1Cl. The van der Waals surface area contributed by atoms with E-state index in [1.807, 2.05) is 0 Å². The highest BCUT2D eigenvalue weighted by atomic mass is 35.5. The summed E-state index contributed by atoms with van der Waals surface area (Å²) in [6.45, 7) is 3.23. The van der Waals surface area contributed by atoms with Crippen LogP contribution in [0, 0.1) is 17.0 Å². The van der Waals surface area contributed by atoms with Crippen molar-refractivity contribution in [2.45, 2.75) is 13.8 Å². The van der Waals surface area contributed by atoms with Gasteiger partial charge in [0.25, 0.3) is 5.69 Å². The van der Waals surface area contributed by atoms with Gasteiger partial charge < -0.3 is 4.74 Å². The summed E-state index contributed by atoms with van der Waals surface area (Å²) in [7, 11) is 0. The summed E-state index contributed by atoms with van der Waals surface area (Å²) in [6, 6.07) is 1.07. The van der Waals surface area contributed by atoms with Gasteiger partial charge in [0.05, 0.1) is 11.5 Å². The molecule has 0 aliphatic carbocycles. The van der Waals surface area contributed by atoms with E-state index in [0.717, 1.165) is 6.07 Å². The normalized spacial score (nSPS) is 9.94. The largest absolute Gasteiger partial charge is 0.462 e. The zero-order chi connectivity index (χ0) is 12.3. The number of pyridine rings is 1. The van der Waals surface area contributed by atoms with Crippen LogP contribution in [0.15, 0.2) is 6.07 Å². The maximum absolute atomic E-state index is 11.4. The van der Waals surface area contributed by atoms with Crippen LogP contribution >= 0.6 is 11.6 Å². The van der Waals surface area contributed by atoms with Crippen LogP contribution in [0.3, 0.4) is 0 Å². The number of hydrogen-bond acceptors (Lipinski definition) is 5. The monoisotopic (exact) mass is 244 g/mol. The Kier molecular flexibility index (Phi) is 3.78. The Morgan fingerprint density at radius 2 is 2.31 bits per heavy atom. The van der Waals surface area contributed by atoms with E-state index in [1.54, 1.807) is 6.92 Å². The number of carbonyl (C=O) groups is 1. The molecule has 0 fully saturated rings. The maximum Gasteiger partial charge on any atom is 0.341 e. The number of nitro groups is 1. The van der Waals surface area contributed by atoms with Gasteiger partial charge in [0.2, 0.25) is 0 Å². The van der Waals surface area contributed by atoms with E-state index < -0.39 is 10.9 Å². The van der Waals surface area contributed by atoms with Gasteiger partial charge in [0.15, 0.2) is 0 Å². The van der Waals surface area contributed by atoms with Crippen LogP contribution in [0.25, 0.3) is 0 Å². The van der Waals surface area contributed by atoms with Crippen LogP contribution in [-0.2, 0) is 4.74 Å². The average Bonchev–Trinajstić information content (AvgIpc) is 2.17. The standard InChI is InChI=1S/C9H9ClN2O4/c1-3-16-9(13)6-4-7(12(14)15)5(2)11-8(6)10/h4H,3H2,1-2H3. The van der Waals surface area contributed by atoms with E-state index in [0.29, 0.717) is 0 Å². The fourth-order valence-electron chi connectivity index (χ4n) is 1.10. The zero-order valence-electron chi connectivity index (χ0n) is 8.69. The molecule has 7 heteroatoms. The summed E-state index contributed by atoms with van der Waals surface area (Å²) >= 11 is 5.70. The van der Waals surface area contributed by atoms with Crippen molar-refractivity contribution in [3.05, 3.63) is 32.6 Å². The van der Waals surface area contributed by atoms with Crippen molar-refractivity contribution < 1.29 is 14.5 Å². The number of halogens is 1. The van der Waals surface area contributed by atoms with Crippen LogP contribution in [0.2, 0.25) is 5.15 Å². The van der Waals surface area contributed by atoms with Crippen molar-refractivity contribution in [1.29, 1.82) is 0 Å². The number of esters is 1. The molecule has 0 spiro atoms. The molecule has 0 atom stereocenters. The molecule has 1 rings (SSSR count). The highest BCUT2D eigenvalue weighted by molar-refractivity contribution is 6.32. The van der Waals surface area contributed by atoms with Gasteiger partial charge in [0.1, 0.15) is 16.4 Å². The molecule has 1 aromatic heterocycles. The quantitative estimate of drug-likeness (QED) is 0.352. The molecule has 0 unspecified atom stereocenters. The molecule has 0 saturated carbocycles. The van der Waals surface area contributed by atoms with Gasteiger partial charge in [0, 0.05) is 6.07 Å². The van der Waals surface area contributed by atoms with Crippen molar-refractivity contribution in [3.63, 3.8) is 0 Å². The summed E-state index contributed by atoms with van der Waals surface area (Å²) in [4.78, 5) is 25.1. The van der Waals surface area contributed by atoms with Gasteiger partial charge in [-0.3, -0.25) is 10.1 Å². The first-order valence-corrected chi connectivity index (χ1v) is 4.83. The Morgan fingerprint density at radius 1 is 1.69 bits per heavy atom. The summed E-state index contributed by atoms with van der Waals surface area (Å²) in [5, 5.41) is 10.5. The van der Waals surface area contributed by atoms with Gasteiger partial charge >= 0.3 is 5.97 Å². The minimum absolute atomic E-state index is 0.0958. The predicted molar refractivity (Wildman–Crippen MR) is 56.6 cm³/mol. The summed E-state index contributed by atoms with van der Waals surface area (Å²) in [6.07, 6.45) is 0. The number of nitrogens with zero attached hydrogens (tertiary/aromatic N) is 2. The van der Waals surface area contributed by atoms with Crippen molar-refractivity contribution >= 4 is 23.3 Å². The Balaban J connectivity index is 3.24. The fourth-order valence-corrected chi connectivity index (χ4v) is 1.36. The van der Waals surface area contributed by atoms with Crippen LogP contribution in [-0.4, -0.2) is 22.5 Å². The van der Waals surface area contributed by atoms with Crippen LogP contribution < -0.4 is 0 Å². The van der Waals surface area contributed by atoms with Gasteiger partial charge in [-0.15, -0.1) is 0 Å². The van der Waals surface area contributed by atoms with Gasteiger partial charge in [-0.25, -0.2) is 9.78 Å². The van der Waals surface area contributed by atoms with Gasteiger partial charge in [-0.2, -0.15) is 0 Å². The number of rotatable bonds is 3. The molecule has 1 aromatic rings. The first-order valence-electron chi connectivity index (χ1n) is 4.46. The van der Waals surface area contributed by atoms with Crippen LogP contribution in [0.4, 0.5) is 5.69 Å². The molecule has 0 saturated heterocycles. The predicted octanol–water partition coefficient (Wildman–Crippen LogP) is 2.13.